The molecule has 1 unspecified atom stereocenters. The molecule has 1 saturated heterocycles. The van der Waals surface area contributed by atoms with Crippen LogP contribution in [0, 0.1) is 0 Å². The summed E-state index contributed by atoms with van der Waals surface area (Å²) in [7, 11) is 4.75. The minimum absolute atomic E-state index is 0.0926. The third kappa shape index (κ3) is 4.41. The molecule has 2 aliphatic rings. The highest BCUT2D eigenvalue weighted by atomic mass is 16.5. The quantitative estimate of drug-likeness (QED) is 0.641. The Morgan fingerprint density at radius 1 is 1.03 bits per heavy atom. The van der Waals surface area contributed by atoms with Crippen molar-refractivity contribution in [1.82, 2.24) is 10.3 Å². The van der Waals surface area contributed by atoms with Crippen molar-refractivity contribution in [3.8, 4) is 28.4 Å². The number of hydrogen-bond donors (Lipinski definition) is 2. The second-order valence-electron chi connectivity index (χ2n) is 8.59. The summed E-state index contributed by atoms with van der Waals surface area (Å²) >= 11 is 0. The van der Waals surface area contributed by atoms with Gasteiger partial charge in [0.2, 0.25) is 17.1 Å². The van der Waals surface area contributed by atoms with Crippen LogP contribution in [-0.4, -0.2) is 58.4 Å². The van der Waals surface area contributed by atoms with Crippen LogP contribution in [0.15, 0.2) is 29.1 Å². The van der Waals surface area contributed by atoms with E-state index in [1.54, 1.807) is 32.4 Å². The molecular weight excluding hydrogens is 436 g/mol. The number of hydrogen-bond acceptors (Lipinski definition) is 8. The summed E-state index contributed by atoms with van der Waals surface area (Å²) in [5.74, 6) is 7.36. The number of hydrazine groups is 1. The van der Waals surface area contributed by atoms with Crippen LogP contribution in [0.5, 0.6) is 17.2 Å². The number of nitrogens with two attached hydrogens (primary N) is 1. The Morgan fingerprint density at radius 3 is 2.35 bits per heavy atom. The molecule has 1 aliphatic heterocycles. The summed E-state index contributed by atoms with van der Waals surface area (Å²) in [6.07, 6.45) is 1.29. The van der Waals surface area contributed by atoms with Crippen LogP contribution < -0.4 is 35.7 Å². The van der Waals surface area contributed by atoms with Gasteiger partial charge < -0.3 is 24.4 Å². The molecule has 4 rings (SSSR count). The van der Waals surface area contributed by atoms with Gasteiger partial charge in [-0.05, 0) is 47.7 Å². The number of fused-ring (bicyclic) bond motifs is 3. The van der Waals surface area contributed by atoms with Crippen molar-refractivity contribution in [2.75, 3.05) is 52.4 Å². The van der Waals surface area contributed by atoms with Gasteiger partial charge in [0, 0.05) is 38.7 Å². The first-order valence-corrected chi connectivity index (χ1v) is 11.4. The van der Waals surface area contributed by atoms with Crippen LogP contribution in [0.1, 0.15) is 30.5 Å². The number of amides is 1. The molecular formula is C25H32N4O5. The minimum Gasteiger partial charge on any atom is -0.493 e. The molecule has 182 valence electrons. The molecule has 1 aliphatic carbocycles. The fraction of sp³-hybridized carbons (Fsp3) is 0.440. The zero-order valence-electron chi connectivity index (χ0n) is 20.1. The molecule has 3 N–H and O–H groups in total. The van der Waals surface area contributed by atoms with E-state index in [1.165, 1.54) is 6.92 Å². The molecule has 1 amide bonds. The van der Waals surface area contributed by atoms with Crippen LogP contribution in [0.2, 0.25) is 0 Å². The number of nitrogens with zero attached hydrogens (tertiary/aromatic N) is 2. The zero-order valence-corrected chi connectivity index (χ0v) is 20.1. The van der Waals surface area contributed by atoms with Crippen LogP contribution in [0.25, 0.3) is 11.1 Å². The molecule has 2 aromatic rings. The first-order chi connectivity index (χ1) is 16.4. The predicted octanol–water partition coefficient (Wildman–Crippen LogP) is 1.86. The van der Waals surface area contributed by atoms with Crippen LogP contribution in [0.3, 0.4) is 0 Å². The maximum absolute atomic E-state index is 13.4. The Morgan fingerprint density at radius 2 is 1.74 bits per heavy atom. The van der Waals surface area contributed by atoms with Crippen molar-refractivity contribution < 1.29 is 19.0 Å². The van der Waals surface area contributed by atoms with Crippen LogP contribution in [-0.2, 0) is 11.2 Å². The minimum atomic E-state index is -0.324. The van der Waals surface area contributed by atoms with E-state index in [-0.39, 0.29) is 17.4 Å². The van der Waals surface area contributed by atoms with Crippen molar-refractivity contribution in [2.24, 2.45) is 5.84 Å². The van der Waals surface area contributed by atoms with Crippen LogP contribution >= 0.6 is 0 Å². The van der Waals surface area contributed by atoms with Crippen molar-refractivity contribution in [1.29, 1.82) is 0 Å². The van der Waals surface area contributed by atoms with E-state index in [0.717, 1.165) is 22.3 Å². The summed E-state index contributed by atoms with van der Waals surface area (Å²) in [6, 6.07) is 7.10. The maximum atomic E-state index is 13.4. The molecule has 0 aromatic heterocycles. The average Bonchev–Trinajstić information content (AvgIpc) is 3.07. The molecule has 1 heterocycles. The fourth-order valence-corrected chi connectivity index (χ4v) is 4.92. The largest absolute Gasteiger partial charge is 0.493 e. The van der Waals surface area contributed by atoms with Crippen molar-refractivity contribution in [3.63, 3.8) is 0 Å². The first kappa shape index (κ1) is 23.8. The first-order valence-electron chi connectivity index (χ1n) is 11.4. The van der Waals surface area contributed by atoms with Gasteiger partial charge in [0.25, 0.3) is 0 Å². The molecule has 1 fully saturated rings. The molecule has 0 bridgehead atoms. The summed E-state index contributed by atoms with van der Waals surface area (Å²) in [5, 5.41) is 4.79. The van der Waals surface area contributed by atoms with Gasteiger partial charge in [0.1, 0.15) is 0 Å². The second kappa shape index (κ2) is 9.90. The number of nitrogens with one attached hydrogen (secondary N) is 1. The SMILES string of the molecule is COc1cc2c(c(OC)c1OC)-c1ccc(N3CCN(N)CC3)c(=O)cc1C(NC(C)=O)CC2. The Bertz CT molecular complexity index is 1140. The number of piperazine rings is 1. The molecule has 9 heteroatoms. The number of carbonyl (C=O) groups excluding carboxylic acids is 1. The van der Waals surface area contributed by atoms with E-state index in [2.05, 4.69) is 10.2 Å². The lowest BCUT2D eigenvalue weighted by Crippen LogP contribution is -2.50. The van der Waals surface area contributed by atoms with Gasteiger partial charge in [0.05, 0.1) is 33.1 Å². The van der Waals surface area contributed by atoms with Gasteiger partial charge in [0.15, 0.2) is 11.5 Å². The van der Waals surface area contributed by atoms with Gasteiger partial charge in [-0.1, -0.05) is 6.07 Å². The molecule has 0 radical (unpaired) electrons. The lowest BCUT2D eigenvalue weighted by molar-refractivity contribution is -0.119. The molecule has 34 heavy (non-hydrogen) atoms. The molecule has 0 saturated carbocycles. The normalized spacial score (nSPS) is 17.8. The van der Waals surface area contributed by atoms with Crippen molar-refractivity contribution in [3.05, 3.63) is 45.6 Å². The van der Waals surface area contributed by atoms with Gasteiger partial charge in [-0.15, -0.1) is 0 Å². The summed E-state index contributed by atoms with van der Waals surface area (Å²) in [4.78, 5) is 27.6. The smallest absolute Gasteiger partial charge is 0.217 e. The molecule has 1 atom stereocenters. The maximum Gasteiger partial charge on any atom is 0.217 e. The standard InChI is InChI=1S/C25H32N4O5/c1-15(30)27-19-7-5-16-13-22(32-2)24(33-3)25(34-4)23(16)17-6-8-20(21(31)14-18(17)19)28-9-11-29(26)12-10-28/h6,8,13-14,19H,5,7,9-12,26H2,1-4H3,(H,27,30). The number of benzene rings is 1. The van der Waals surface area contributed by atoms with E-state index < -0.39 is 0 Å². The van der Waals surface area contributed by atoms with Crippen molar-refractivity contribution >= 4 is 11.6 Å². The highest BCUT2D eigenvalue weighted by Gasteiger charge is 2.30. The molecule has 0 spiro atoms. The topological polar surface area (TPSA) is 106 Å². The van der Waals surface area contributed by atoms with Gasteiger partial charge >= 0.3 is 0 Å². The Kier molecular flexibility index (Phi) is 6.95. The lowest BCUT2D eigenvalue weighted by atomic mass is 9.95. The molecule has 2 aromatic carbocycles. The monoisotopic (exact) mass is 468 g/mol. The van der Waals surface area contributed by atoms with Gasteiger partial charge in [-0.2, -0.15) is 0 Å². The van der Waals surface area contributed by atoms with E-state index in [1.807, 2.05) is 18.2 Å². The Balaban J connectivity index is 1.97. The highest BCUT2D eigenvalue weighted by Crippen LogP contribution is 2.50. The van der Waals surface area contributed by atoms with Gasteiger partial charge in [-0.3, -0.25) is 15.4 Å². The average molecular weight is 469 g/mol. The second-order valence-corrected chi connectivity index (χ2v) is 8.59. The summed E-state index contributed by atoms with van der Waals surface area (Å²) < 4.78 is 17.0. The van der Waals surface area contributed by atoms with E-state index in [0.29, 0.717) is 62.0 Å². The third-order valence-electron chi connectivity index (χ3n) is 6.55. The predicted molar refractivity (Wildman–Crippen MR) is 131 cm³/mol. The summed E-state index contributed by atoms with van der Waals surface area (Å²) in [6.45, 7) is 4.18. The number of ether oxygens (including phenoxy) is 3. The number of carbonyl (C=O) groups is 1. The number of anilines is 1. The Labute approximate surface area is 199 Å². The lowest BCUT2D eigenvalue weighted by Gasteiger charge is -2.32. The third-order valence-corrected chi connectivity index (χ3v) is 6.55. The fourth-order valence-electron chi connectivity index (χ4n) is 4.92. The number of methoxy groups -OCH3 is 3. The Hall–Kier alpha value is -3.30. The van der Waals surface area contributed by atoms with E-state index in [4.69, 9.17) is 20.1 Å². The zero-order chi connectivity index (χ0) is 24.4. The summed E-state index contributed by atoms with van der Waals surface area (Å²) in [5.41, 5.74) is 3.95. The number of aryl methyl sites for hydroxylation is 1. The number of rotatable bonds is 5. The van der Waals surface area contributed by atoms with E-state index >= 15 is 0 Å². The highest BCUT2D eigenvalue weighted by molar-refractivity contribution is 5.83. The molecule has 9 nitrogen and oxygen atoms in total. The van der Waals surface area contributed by atoms with E-state index in [9.17, 15) is 9.59 Å². The van der Waals surface area contributed by atoms with Crippen molar-refractivity contribution in [2.45, 2.75) is 25.8 Å². The van der Waals surface area contributed by atoms with Gasteiger partial charge in [-0.25, -0.2) is 5.01 Å². The van der Waals surface area contributed by atoms with Crippen LogP contribution in [0.4, 0.5) is 5.69 Å².